The highest BCUT2D eigenvalue weighted by Crippen LogP contribution is 2.23. The van der Waals surface area contributed by atoms with Crippen molar-refractivity contribution in [3.8, 4) is 0 Å². The Balaban J connectivity index is 1.61. The molecule has 130 valence electrons. The third-order valence-corrected chi connectivity index (χ3v) is 3.70. The number of nitrogens with zero attached hydrogens (tertiary/aromatic N) is 2. The average molecular weight is 351 g/mol. The Morgan fingerprint density at radius 1 is 1.12 bits per heavy atom. The molecule has 4 rings (SSSR count). The first-order chi connectivity index (χ1) is 12.6. The Hall–Kier alpha value is -3.68. The minimum absolute atomic E-state index is 0.0142. The summed E-state index contributed by atoms with van der Waals surface area (Å²) in [5.41, 5.74) is 3.37. The van der Waals surface area contributed by atoms with E-state index in [2.05, 4.69) is 25.6 Å². The summed E-state index contributed by atoms with van der Waals surface area (Å²) in [5, 5.41) is 5.92. The van der Waals surface area contributed by atoms with Gasteiger partial charge in [0.25, 0.3) is 0 Å². The Bertz CT molecular complexity index is 1150. The van der Waals surface area contributed by atoms with E-state index >= 15 is 0 Å². The molecule has 0 amide bonds. The van der Waals surface area contributed by atoms with Gasteiger partial charge in [0.05, 0.1) is 11.7 Å². The lowest BCUT2D eigenvalue weighted by atomic mass is 10.2. The van der Waals surface area contributed by atoms with Gasteiger partial charge in [0.1, 0.15) is 0 Å². The van der Waals surface area contributed by atoms with Crippen LogP contribution < -0.4 is 16.4 Å². The molecular weight excluding hydrogens is 337 g/mol. The Kier molecular flexibility index (Phi) is 3.85. The third kappa shape index (κ3) is 3.25. The van der Waals surface area contributed by atoms with Crippen LogP contribution in [-0.4, -0.2) is 15.0 Å². The highest BCUT2D eigenvalue weighted by molar-refractivity contribution is 5.78. The molecule has 0 spiro atoms. The zero-order valence-corrected chi connectivity index (χ0v) is 13.7. The smallest absolute Gasteiger partial charge is 0.408 e. The third-order valence-electron chi connectivity index (χ3n) is 3.70. The number of H-pyrrole nitrogens is 1. The van der Waals surface area contributed by atoms with Crippen LogP contribution in [0.1, 0.15) is 5.56 Å². The van der Waals surface area contributed by atoms with Crippen LogP contribution in [0.25, 0.3) is 11.1 Å². The zero-order valence-electron chi connectivity index (χ0n) is 13.7. The highest BCUT2D eigenvalue weighted by atomic mass is 19.1. The van der Waals surface area contributed by atoms with Crippen molar-refractivity contribution in [3.05, 3.63) is 70.6 Å². The van der Waals surface area contributed by atoms with Gasteiger partial charge in [0, 0.05) is 11.4 Å². The molecule has 2 aromatic heterocycles. The van der Waals surface area contributed by atoms with Gasteiger partial charge in [-0.2, -0.15) is 4.98 Å². The van der Waals surface area contributed by atoms with Crippen LogP contribution >= 0.6 is 0 Å². The number of anilines is 4. The summed E-state index contributed by atoms with van der Waals surface area (Å²) in [6, 6.07) is 12.6. The number of hydrogen-bond donors (Lipinski definition) is 3. The standard InChI is InChI=1S/C18H14FN5O2/c1-10-3-2-4-11(7-10)22-17-20-9-13(19)16(24-17)21-12-5-6-15-14(8-12)23-18(25)26-15/h2-9H,1H3,(H,23,25)(H2,20,21,22,24). The molecule has 0 unspecified atom stereocenters. The van der Waals surface area contributed by atoms with Crippen LogP contribution in [0.5, 0.6) is 0 Å². The van der Waals surface area contributed by atoms with E-state index in [1.165, 1.54) is 0 Å². The molecule has 0 atom stereocenters. The van der Waals surface area contributed by atoms with E-state index in [0.717, 1.165) is 17.4 Å². The van der Waals surface area contributed by atoms with Crippen molar-refractivity contribution in [3.63, 3.8) is 0 Å². The van der Waals surface area contributed by atoms with Gasteiger partial charge >= 0.3 is 5.76 Å². The van der Waals surface area contributed by atoms with Gasteiger partial charge in [0.2, 0.25) is 5.95 Å². The normalized spacial score (nSPS) is 10.8. The molecule has 7 nitrogen and oxygen atoms in total. The summed E-state index contributed by atoms with van der Waals surface area (Å²) in [5.74, 6) is -0.867. The first-order valence-corrected chi connectivity index (χ1v) is 7.83. The van der Waals surface area contributed by atoms with E-state index in [9.17, 15) is 9.18 Å². The fourth-order valence-corrected chi connectivity index (χ4v) is 2.53. The van der Waals surface area contributed by atoms with E-state index in [1.807, 2.05) is 31.2 Å². The fraction of sp³-hybridized carbons (Fsp3) is 0.0556. The number of oxazole rings is 1. The summed E-state index contributed by atoms with van der Waals surface area (Å²) < 4.78 is 19.0. The molecule has 8 heteroatoms. The van der Waals surface area contributed by atoms with E-state index in [0.29, 0.717) is 16.8 Å². The van der Waals surface area contributed by atoms with Crippen LogP contribution in [0.2, 0.25) is 0 Å². The minimum atomic E-state index is -0.597. The number of fused-ring (bicyclic) bond motifs is 1. The molecule has 2 heterocycles. The van der Waals surface area contributed by atoms with E-state index in [-0.39, 0.29) is 11.8 Å². The number of aryl methyl sites for hydroxylation is 1. The van der Waals surface area contributed by atoms with Gasteiger partial charge in [-0.15, -0.1) is 0 Å². The van der Waals surface area contributed by atoms with Crippen LogP contribution in [0.3, 0.4) is 0 Å². The molecular formula is C18H14FN5O2. The molecule has 0 saturated carbocycles. The fourth-order valence-electron chi connectivity index (χ4n) is 2.53. The zero-order chi connectivity index (χ0) is 18.1. The Morgan fingerprint density at radius 2 is 1.96 bits per heavy atom. The van der Waals surface area contributed by atoms with Crippen LogP contribution in [0.15, 0.2) is 57.9 Å². The number of hydrogen-bond acceptors (Lipinski definition) is 6. The number of aromatic amines is 1. The second-order valence-corrected chi connectivity index (χ2v) is 5.74. The molecule has 0 fully saturated rings. The lowest BCUT2D eigenvalue weighted by molar-refractivity contribution is 0.555. The minimum Gasteiger partial charge on any atom is -0.408 e. The molecule has 0 saturated heterocycles. The molecule has 4 aromatic rings. The predicted molar refractivity (Wildman–Crippen MR) is 96.6 cm³/mol. The summed E-state index contributed by atoms with van der Waals surface area (Å²) in [6.45, 7) is 1.97. The van der Waals surface area contributed by atoms with Gasteiger partial charge in [-0.05, 0) is 42.8 Å². The van der Waals surface area contributed by atoms with Crippen molar-refractivity contribution >= 4 is 34.2 Å². The van der Waals surface area contributed by atoms with Crippen molar-refractivity contribution in [2.75, 3.05) is 10.6 Å². The molecule has 0 aliphatic carbocycles. The van der Waals surface area contributed by atoms with Gasteiger partial charge in [-0.1, -0.05) is 12.1 Å². The topological polar surface area (TPSA) is 95.8 Å². The summed E-state index contributed by atoms with van der Waals surface area (Å²) in [7, 11) is 0. The van der Waals surface area contributed by atoms with E-state index < -0.39 is 11.6 Å². The number of nitrogens with one attached hydrogen (secondary N) is 3. The average Bonchev–Trinajstić information content (AvgIpc) is 2.97. The molecule has 2 aromatic carbocycles. The maximum atomic E-state index is 14.1. The predicted octanol–water partition coefficient (Wildman–Crippen LogP) is 3.85. The maximum Gasteiger partial charge on any atom is 0.417 e. The van der Waals surface area contributed by atoms with Crippen molar-refractivity contribution in [1.29, 1.82) is 0 Å². The van der Waals surface area contributed by atoms with Crippen molar-refractivity contribution in [2.24, 2.45) is 0 Å². The Labute approximate surface area is 146 Å². The summed E-state index contributed by atoms with van der Waals surface area (Å²) in [4.78, 5) is 21.9. The van der Waals surface area contributed by atoms with Gasteiger partial charge in [-0.25, -0.2) is 14.2 Å². The van der Waals surface area contributed by atoms with E-state index in [4.69, 9.17) is 4.42 Å². The molecule has 26 heavy (non-hydrogen) atoms. The van der Waals surface area contributed by atoms with E-state index in [1.54, 1.807) is 18.2 Å². The monoisotopic (exact) mass is 351 g/mol. The van der Waals surface area contributed by atoms with Crippen LogP contribution in [0, 0.1) is 12.7 Å². The second kappa shape index (κ2) is 6.32. The van der Waals surface area contributed by atoms with Gasteiger partial charge in [-0.3, -0.25) is 4.98 Å². The van der Waals surface area contributed by atoms with Crippen molar-refractivity contribution < 1.29 is 8.81 Å². The molecule has 0 aliphatic rings. The Morgan fingerprint density at radius 3 is 2.81 bits per heavy atom. The van der Waals surface area contributed by atoms with Crippen LogP contribution in [-0.2, 0) is 0 Å². The number of aromatic nitrogens is 3. The second-order valence-electron chi connectivity index (χ2n) is 5.74. The maximum absolute atomic E-state index is 14.1. The molecule has 0 bridgehead atoms. The molecule has 0 aliphatic heterocycles. The SMILES string of the molecule is Cc1cccc(Nc2ncc(F)c(Nc3ccc4oc(=O)[nH]c4c3)n2)c1. The quantitative estimate of drug-likeness (QED) is 0.517. The number of benzene rings is 2. The van der Waals surface area contributed by atoms with Gasteiger partial charge in [0.15, 0.2) is 17.2 Å². The molecule has 3 N–H and O–H groups in total. The lowest BCUT2D eigenvalue weighted by Gasteiger charge is -2.10. The first kappa shape index (κ1) is 15.8. The van der Waals surface area contributed by atoms with Crippen molar-refractivity contribution in [2.45, 2.75) is 6.92 Å². The summed E-state index contributed by atoms with van der Waals surface area (Å²) in [6.07, 6.45) is 1.09. The lowest BCUT2D eigenvalue weighted by Crippen LogP contribution is -2.03. The number of halogens is 1. The largest absolute Gasteiger partial charge is 0.417 e. The van der Waals surface area contributed by atoms with Crippen molar-refractivity contribution in [1.82, 2.24) is 15.0 Å². The van der Waals surface area contributed by atoms with Crippen LogP contribution in [0.4, 0.5) is 27.5 Å². The highest BCUT2D eigenvalue weighted by Gasteiger charge is 2.09. The number of rotatable bonds is 4. The molecule has 0 radical (unpaired) electrons. The summed E-state index contributed by atoms with van der Waals surface area (Å²) >= 11 is 0. The first-order valence-electron chi connectivity index (χ1n) is 7.83. The van der Waals surface area contributed by atoms with Gasteiger partial charge < -0.3 is 15.1 Å².